The molecule has 0 saturated heterocycles. The quantitative estimate of drug-likeness (QED) is 0.726. The first-order chi connectivity index (χ1) is 8.70. The first-order valence-corrected chi connectivity index (χ1v) is 5.65. The number of anilines is 1. The highest BCUT2D eigenvalue weighted by Gasteiger charge is 2.15. The van der Waals surface area contributed by atoms with Gasteiger partial charge in [0.2, 0.25) is 0 Å². The minimum absolute atomic E-state index is 0.274. The zero-order valence-electron chi connectivity index (χ0n) is 9.81. The van der Waals surface area contributed by atoms with Gasteiger partial charge in [0.1, 0.15) is 17.5 Å². The van der Waals surface area contributed by atoms with E-state index in [9.17, 15) is 4.39 Å². The lowest BCUT2D eigenvalue weighted by Crippen LogP contribution is -1.99. The SMILES string of the molecule is CCn1c(-c2cn[nH]c2N)nc2ccc(F)cc21. The lowest BCUT2D eigenvalue weighted by Gasteiger charge is -2.04. The molecular weight excluding hydrogens is 233 g/mol. The zero-order chi connectivity index (χ0) is 12.7. The molecule has 2 heterocycles. The van der Waals surface area contributed by atoms with Crippen LogP contribution in [0.15, 0.2) is 24.4 Å². The number of imidazole rings is 1. The molecule has 0 aliphatic carbocycles. The summed E-state index contributed by atoms with van der Waals surface area (Å²) < 4.78 is 15.2. The van der Waals surface area contributed by atoms with E-state index in [4.69, 9.17) is 5.73 Å². The van der Waals surface area contributed by atoms with Crippen LogP contribution in [0.1, 0.15) is 6.92 Å². The van der Waals surface area contributed by atoms with Crippen LogP contribution >= 0.6 is 0 Å². The van der Waals surface area contributed by atoms with Gasteiger partial charge in [0.25, 0.3) is 0 Å². The molecule has 3 N–H and O–H groups in total. The molecule has 0 radical (unpaired) electrons. The van der Waals surface area contributed by atoms with Crippen molar-refractivity contribution < 1.29 is 4.39 Å². The van der Waals surface area contributed by atoms with E-state index in [-0.39, 0.29) is 5.82 Å². The van der Waals surface area contributed by atoms with E-state index in [0.717, 1.165) is 16.6 Å². The number of halogens is 1. The Hall–Kier alpha value is -2.37. The summed E-state index contributed by atoms with van der Waals surface area (Å²) in [5, 5.41) is 6.56. The number of aryl methyl sites for hydroxylation is 1. The molecule has 1 aromatic carbocycles. The van der Waals surface area contributed by atoms with Crippen LogP contribution < -0.4 is 5.73 Å². The highest BCUT2D eigenvalue weighted by atomic mass is 19.1. The molecule has 5 nitrogen and oxygen atoms in total. The number of benzene rings is 1. The Morgan fingerprint density at radius 1 is 1.44 bits per heavy atom. The van der Waals surface area contributed by atoms with Crippen LogP contribution in [0.2, 0.25) is 0 Å². The van der Waals surface area contributed by atoms with Crippen molar-refractivity contribution in [3.8, 4) is 11.4 Å². The summed E-state index contributed by atoms with van der Waals surface area (Å²) in [7, 11) is 0. The van der Waals surface area contributed by atoms with Crippen LogP contribution in [0.25, 0.3) is 22.4 Å². The van der Waals surface area contributed by atoms with Crippen LogP contribution in [0.5, 0.6) is 0 Å². The van der Waals surface area contributed by atoms with Gasteiger partial charge in [-0.25, -0.2) is 9.37 Å². The molecule has 0 aliphatic heterocycles. The van der Waals surface area contributed by atoms with Gasteiger partial charge in [-0.1, -0.05) is 0 Å². The Bertz CT molecular complexity index is 712. The smallest absolute Gasteiger partial charge is 0.146 e. The van der Waals surface area contributed by atoms with E-state index < -0.39 is 0 Å². The minimum atomic E-state index is -0.274. The lowest BCUT2D eigenvalue weighted by atomic mass is 10.3. The molecule has 0 unspecified atom stereocenters. The number of aromatic nitrogens is 4. The molecule has 2 aromatic heterocycles. The number of hydrogen-bond acceptors (Lipinski definition) is 3. The molecule has 0 aliphatic rings. The van der Waals surface area contributed by atoms with Crippen molar-refractivity contribution in [3.05, 3.63) is 30.2 Å². The molecule has 6 heteroatoms. The summed E-state index contributed by atoms with van der Waals surface area (Å²) in [5.74, 6) is 0.883. The normalized spacial score (nSPS) is 11.2. The average molecular weight is 245 g/mol. The second-order valence-corrected chi connectivity index (χ2v) is 4.01. The number of nitrogens with two attached hydrogens (primary N) is 1. The number of nitrogen functional groups attached to an aromatic ring is 1. The molecule has 0 bridgehead atoms. The largest absolute Gasteiger partial charge is 0.383 e. The number of hydrogen-bond donors (Lipinski definition) is 2. The molecule has 0 atom stereocenters. The fraction of sp³-hybridized carbons (Fsp3) is 0.167. The van der Waals surface area contributed by atoms with Gasteiger partial charge in [-0.3, -0.25) is 5.10 Å². The van der Waals surface area contributed by atoms with Crippen molar-refractivity contribution in [3.63, 3.8) is 0 Å². The predicted octanol–water partition coefficient (Wildman–Crippen LogP) is 2.17. The standard InChI is InChI=1S/C12H12FN5/c1-2-18-10-5-7(13)3-4-9(10)16-12(18)8-6-15-17-11(8)14/h3-6H,2H2,1H3,(H3,14,15,17). The maximum atomic E-state index is 13.3. The van der Waals surface area contributed by atoms with Gasteiger partial charge >= 0.3 is 0 Å². The summed E-state index contributed by atoms with van der Waals surface area (Å²) in [6.45, 7) is 2.66. The van der Waals surface area contributed by atoms with E-state index in [1.165, 1.54) is 12.1 Å². The summed E-state index contributed by atoms with van der Waals surface area (Å²) in [6, 6.07) is 4.54. The van der Waals surface area contributed by atoms with Crippen LogP contribution in [0, 0.1) is 5.82 Å². The Labute approximate surface area is 102 Å². The molecule has 3 aromatic rings. The first kappa shape index (κ1) is 10.8. The van der Waals surface area contributed by atoms with Gasteiger partial charge in [-0.2, -0.15) is 5.10 Å². The average Bonchev–Trinajstić information content (AvgIpc) is 2.91. The molecule has 0 amide bonds. The number of nitrogens with zero attached hydrogens (tertiary/aromatic N) is 3. The molecule has 0 spiro atoms. The monoisotopic (exact) mass is 245 g/mol. The Kier molecular flexibility index (Phi) is 2.29. The Morgan fingerprint density at radius 3 is 2.94 bits per heavy atom. The van der Waals surface area contributed by atoms with Gasteiger partial charge in [-0.05, 0) is 25.1 Å². The Balaban J connectivity index is 2.33. The van der Waals surface area contributed by atoms with E-state index in [0.29, 0.717) is 18.2 Å². The van der Waals surface area contributed by atoms with Crippen molar-refractivity contribution in [2.75, 3.05) is 5.73 Å². The summed E-state index contributed by atoms with van der Waals surface area (Å²) in [4.78, 5) is 4.48. The summed E-state index contributed by atoms with van der Waals surface area (Å²) in [6.07, 6.45) is 1.62. The number of nitrogens with one attached hydrogen (secondary N) is 1. The Morgan fingerprint density at radius 2 is 2.28 bits per heavy atom. The third-order valence-electron chi connectivity index (χ3n) is 2.94. The maximum absolute atomic E-state index is 13.3. The number of rotatable bonds is 2. The minimum Gasteiger partial charge on any atom is -0.383 e. The molecular formula is C12H12FN5. The fourth-order valence-electron chi connectivity index (χ4n) is 2.10. The topological polar surface area (TPSA) is 72.5 Å². The van der Waals surface area contributed by atoms with Crippen LogP contribution in [0.4, 0.5) is 10.2 Å². The highest BCUT2D eigenvalue weighted by molar-refractivity contribution is 5.82. The highest BCUT2D eigenvalue weighted by Crippen LogP contribution is 2.27. The van der Waals surface area contributed by atoms with Crippen molar-refractivity contribution in [2.45, 2.75) is 13.5 Å². The fourth-order valence-corrected chi connectivity index (χ4v) is 2.10. The van der Waals surface area contributed by atoms with Gasteiger partial charge in [0.05, 0.1) is 22.8 Å². The summed E-state index contributed by atoms with van der Waals surface area (Å²) >= 11 is 0. The zero-order valence-corrected chi connectivity index (χ0v) is 9.81. The number of fused-ring (bicyclic) bond motifs is 1. The van der Waals surface area contributed by atoms with Crippen LogP contribution in [-0.2, 0) is 6.54 Å². The van der Waals surface area contributed by atoms with E-state index >= 15 is 0 Å². The van der Waals surface area contributed by atoms with E-state index in [1.807, 2.05) is 11.5 Å². The van der Waals surface area contributed by atoms with Crippen LogP contribution in [-0.4, -0.2) is 19.7 Å². The van der Waals surface area contributed by atoms with Gasteiger partial charge in [0.15, 0.2) is 0 Å². The van der Waals surface area contributed by atoms with Crippen LogP contribution in [0.3, 0.4) is 0 Å². The van der Waals surface area contributed by atoms with Gasteiger partial charge < -0.3 is 10.3 Å². The van der Waals surface area contributed by atoms with Crippen molar-refractivity contribution in [1.82, 2.24) is 19.7 Å². The van der Waals surface area contributed by atoms with E-state index in [1.54, 1.807) is 12.3 Å². The third-order valence-corrected chi connectivity index (χ3v) is 2.94. The van der Waals surface area contributed by atoms with Crippen molar-refractivity contribution in [1.29, 1.82) is 0 Å². The van der Waals surface area contributed by atoms with E-state index in [2.05, 4.69) is 15.2 Å². The van der Waals surface area contributed by atoms with Crippen molar-refractivity contribution >= 4 is 16.9 Å². The lowest BCUT2D eigenvalue weighted by molar-refractivity contribution is 0.628. The molecule has 0 fully saturated rings. The first-order valence-electron chi connectivity index (χ1n) is 5.65. The molecule has 18 heavy (non-hydrogen) atoms. The number of H-pyrrole nitrogens is 1. The maximum Gasteiger partial charge on any atom is 0.146 e. The van der Waals surface area contributed by atoms with Gasteiger partial charge in [-0.15, -0.1) is 0 Å². The number of aromatic amines is 1. The molecule has 92 valence electrons. The predicted molar refractivity (Wildman–Crippen MR) is 67.4 cm³/mol. The van der Waals surface area contributed by atoms with Gasteiger partial charge in [0, 0.05) is 6.54 Å². The summed E-state index contributed by atoms with van der Waals surface area (Å²) in [5.41, 5.74) is 8.03. The van der Waals surface area contributed by atoms with Crippen molar-refractivity contribution in [2.24, 2.45) is 0 Å². The molecule has 0 saturated carbocycles. The second-order valence-electron chi connectivity index (χ2n) is 4.01. The third kappa shape index (κ3) is 1.46. The molecule has 3 rings (SSSR count). The second kappa shape index (κ2) is 3.83.